The number of methoxy groups -OCH3 is 1. The van der Waals surface area contributed by atoms with Crippen LogP contribution >= 0.6 is 0 Å². The second-order valence-corrected chi connectivity index (χ2v) is 13.2. The van der Waals surface area contributed by atoms with Gasteiger partial charge in [-0.1, -0.05) is 38.1 Å². The number of sulfone groups is 1. The van der Waals surface area contributed by atoms with Gasteiger partial charge in [0.25, 0.3) is 0 Å². The molecule has 4 N–H and O–H groups in total. The number of carboxylic acids is 1. The number of nitrogens with one attached hydrogen (secondary N) is 1. The zero-order valence-electron chi connectivity index (χ0n) is 25.2. The van der Waals surface area contributed by atoms with Crippen LogP contribution in [0.1, 0.15) is 49.0 Å². The largest absolute Gasteiger partial charge is 0.494 e. The van der Waals surface area contributed by atoms with E-state index < -0.39 is 45.5 Å². The molecule has 236 valence electrons. The predicted octanol–water partition coefficient (Wildman–Crippen LogP) is 5.15. The third kappa shape index (κ3) is 6.02. The number of amides is 1. The summed E-state index contributed by atoms with van der Waals surface area (Å²) in [6, 6.07) is 13.8. The number of ether oxygens (including phenoxy) is 1. The summed E-state index contributed by atoms with van der Waals surface area (Å²) in [6.45, 7) is 3.41. The molecule has 1 aliphatic heterocycles. The van der Waals surface area contributed by atoms with E-state index in [1.165, 1.54) is 25.0 Å². The number of fused-ring (bicyclic) bond motifs is 1. The lowest BCUT2D eigenvalue weighted by Gasteiger charge is -2.33. The zero-order chi connectivity index (χ0) is 32.5. The number of carboxylic acid groups (broad SMARTS) is 1. The topological polar surface area (TPSA) is 152 Å². The molecule has 0 saturated carbocycles. The Morgan fingerprint density at radius 1 is 1.16 bits per heavy atom. The molecule has 10 nitrogen and oxygen atoms in total. The number of benzene rings is 3. The van der Waals surface area contributed by atoms with E-state index in [2.05, 4.69) is 10.3 Å². The fraction of sp³-hybridized carbons (Fsp3) is 0.303. The van der Waals surface area contributed by atoms with Crippen LogP contribution in [0.5, 0.6) is 5.75 Å². The molecule has 1 aromatic heterocycles. The third-order valence-electron chi connectivity index (χ3n) is 8.37. The molecular formula is C33H35FN4O6S. The average Bonchev–Trinajstić information content (AvgIpc) is 3.49. The first-order valence-corrected chi connectivity index (χ1v) is 16.3. The van der Waals surface area contributed by atoms with Gasteiger partial charge in [-0.25, -0.2) is 17.8 Å². The molecular weight excluding hydrogens is 599 g/mol. The van der Waals surface area contributed by atoms with Gasteiger partial charge in [-0.15, -0.1) is 0 Å². The number of rotatable bonds is 10. The number of hydrogen-bond donors (Lipinski definition) is 3. The second-order valence-electron chi connectivity index (χ2n) is 10.9. The average molecular weight is 635 g/mol. The molecule has 1 amide bonds. The van der Waals surface area contributed by atoms with Gasteiger partial charge in [0.05, 0.1) is 29.7 Å². The van der Waals surface area contributed by atoms with Gasteiger partial charge in [-0.3, -0.25) is 9.59 Å². The van der Waals surface area contributed by atoms with Crippen LogP contribution in [-0.2, 0) is 25.8 Å². The van der Waals surface area contributed by atoms with Crippen molar-refractivity contribution in [2.24, 2.45) is 5.92 Å². The minimum absolute atomic E-state index is 0.0116. The number of nitrogen functional groups attached to an aromatic ring is 1. The molecule has 3 aromatic carbocycles. The van der Waals surface area contributed by atoms with E-state index in [0.717, 1.165) is 10.9 Å². The molecule has 0 spiro atoms. The van der Waals surface area contributed by atoms with Crippen molar-refractivity contribution in [2.45, 2.75) is 43.7 Å². The van der Waals surface area contributed by atoms with E-state index in [1.54, 1.807) is 60.8 Å². The molecule has 12 heteroatoms. The molecule has 2 heterocycles. The minimum Gasteiger partial charge on any atom is -0.494 e. The Kier molecular flexibility index (Phi) is 8.96. The number of aryl methyl sites for hydroxylation is 1. The zero-order valence-corrected chi connectivity index (χ0v) is 26.0. The number of likely N-dealkylation sites (tertiary alicyclic amines) is 1. The highest BCUT2D eigenvalue weighted by molar-refractivity contribution is 7.91. The maximum atomic E-state index is 16.1. The van der Waals surface area contributed by atoms with Crippen molar-refractivity contribution in [1.82, 2.24) is 9.88 Å². The van der Waals surface area contributed by atoms with Crippen LogP contribution in [0.3, 0.4) is 0 Å². The Hall–Kier alpha value is -4.71. The Labute approximate surface area is 260 Å². The van der Waals surface area contributed by atoms with Crippen molar-refractivity contribution in [3.63, 3.8) is 0 Å². The van der Waals surface area contributed by atoms with Gasteiger partial charge in [0.1, 0.15) is 11.9 Å². The van der Waals surface area contributed by atoms with Gasteiger partial charge < -0.3 is 25.8 Å². The van der Waals surface area contributed by atoms with Gasteiger partial charge in [0, 0.05) is 29.4 Å². The van der Waals surface area contributed by atoms with Gasteiger partial charge in [0.2, 0.25) is 5.91 Å². The Bertz CT molecular complexity index is 1880. The smallest absolute Gasteiger partial charge is 0.309 e. The Morgan fingerprint density at radius 2 is 1.91 bits per heavy atom. The van der Waals surface area contributed by atoms with Crippen LogP contribution in [0.15, 0.2) is 71.8 Å². The SMILES string of the molecule is CCc1cc(OC)c(F)c(C(Nc2ccc3c(N)nccc3c2)C(=O)N2CC[C@H](C(=O)O)[C@@H]2c2ccccc2S(=O)(=O)CC)c1. The van der Waals surface area contributed by atoms with Crippen molar-refractivity contribution in [3.8, 4) is 5.75 Å². The molecule has 5 rings (SSSR count). The predicted molar refractivity (Wildman–Crippen MR) is 169 cm³/mol. The van der Waals surface area contributed by atoms with Gasteiger partial charge in [-0.2, -0.15) is 0 Å². The van der Waals surface area contributed by atoms with E-state index in [9.17, 15) is 23.1 Å². The highest BCUT2D eigenvalue weighted by Gasteiger charge is 2.46. The standard InChI is InChI=1S/C33H35FN4O6S/c1-4-19-16-25(28(34)26(17-19)44-3)29(37-21-10-11-22-20(18-21)12-14-36-31(22)35)32(39)38-15-13-24(33(40)41)30(38)23-8-6-7-9-27(23)45(42,43)5-2/h6-12,14,16-18,24,29-30,37H,4-5,13,15H2,1-3H3,(H2,35,36)(H,40,41)/t24-,29?,30-/m0/s1. The number of aromatic nitrogens is 1. The van der Waals surface area contributed by atoms with Gasteiger partial charge in [0.15, 0.2) is 21.4 Å². The first-order valence-electron chi connectivity index (χ1n) is 14.6. The number of anilines is 2. The van der Waals surface area contributed by atoms with E-state index in [4.69, 9.17) is 10.5 Å². The second kappa shape index (κ2) is 12.7. The maximum absolute atomic E-state index is 16.1. The number of nitrogens with zero attached hydrogens (tertiary/aromatic N) is 2. The minimum atomic E-state index is -3.77. The van der Waals surface area contributed by atoms with Crippen molar-refractivity contribution >= 4 is 44.0 Å². The molecule has 0 radical (unpaired) electrons. The number of carbonyl (C=O) groups excluding carboxylic acids is 1. The number of aliphatic carboxylic acids is 1. The summed E-state index contributed by atoms with van der Waals surface area (Å²) in [5.74, 6) is -3.51. The lowest BCUT2D eigenvalue weighted by molar-refractivity contribution is -0.143. The number of hydrogen-bond acceptors (Lipinski definition) is 8. The van der Waals surface area contributed by atoms with E-state index in [1.807, 2.05) is 6.92 Å². The first kappa shape index (κ1) is 31.7. The normalized spacial score (nSPS) is 17.3. The van der Waals surface area contributed by atoms with Crippen LogP contribution < -0.4 is 15.8 Å². The summed E-state index contributed by atoms with van der Waals surface area (Å²) >= 11 is 0. The maximum Gasteiger partial charge on any atom is 0.309 e. The summed E-state index contributed by atoms with van der Waals surface area (Å²) in [5.41, 5.74) is 7.45. The number of pyridine rings is 1. The summed E-state index contributed by atoms with van der Waals surface area (Å²) in [4.78, 5) is 32.6. The summed E-state index contributed by atoms with van der Waals surface area (Å²) < 4.78 is 47.6. The molecule has 4 aromatic rings. The molecule has 1 aliphatic rings. The van der Waals surface area contributed by atoms with E-state index in [0.29, 0.717) is 23.3 Å². The first-order chi connectivity index (χ1) is 21.5. The summed E-state index contributed by atoms with van der Waals surface area (Å²) in [6.07, 6.45) is 2.17. The number of carbonyl (C=O) groups is 2. The van der Waals surface area contributed by atoms with Crippen LogP contribution in [0.25, 0.3) is 10.8 Å². The van der Waals surface area contributed by atoms with E-state index >= 15 is 4.39 Å². The van der Waals surface area contributed by atoms with E-state index in [-0.39, 0.29) is 40.5 Å². The molecule has 1 saturated heterocycles. The van der Waals surface area contributed by atoms with Crippen LogP contribution in [-0.4, -0.2) is 54.7 Å². The molecule has 1 unspecified atom stereocenters. The fourth-order valence-corrected chi connectivity index (χ4v) is 7.13. The van der Waals surface area contributed by atoms with Crippen LogP contribution in [0.2, 0.25) is 0 Å². The molecule has 1 fully saturated rings. The lowest BCUT2D eigenvalue weighted by atomic mass is 9.93. The van der Waals surface area contributed by atoms with Gasteiger partial charge >= 0.3 is 5.97 Å². The monoisotopic (exact) mass is 634 g/mol. The number of halogens is 1. The molecule has 0 bridgehead atoms. The fourth-order valence-electron chi connectivity index (χ4n) is 5.98. The van der Waals surface area contributed by atoms with Crippen LogP contribution in [0.4, 0.5) is 15.9 Å². The Morgan fingerprint density at radius 3 is 2.60 bits per heavy atom. The van der Waals surface area contributed by atoms with Crippen molar-refractivity contribution < 1.29 is 32.2 Å². The quantitative estimate of drug-likeness (QED) is 0.215. The Balaban J connectivity index is 1.67. The van der Waals surface area contributed by atoms with Gasteiger partial charge in [-0.05, 0) is 65.8 Å². The van der Waals surface area contributed by atoms with Crippen LogP contribution in [0, 0.1) is 11.7 Å². The highest BCUT2D eigenvalue weighted by atomic mass is 32.2. The number of nitrogens with two attached hydrogens (primary N) is 1. The summed E-state index contributed by atoms with van der Waals surface area (Å²) in [5, 5.41) is 14.8. The lowest BCUT2D eigenvalue weighted by Crippen LogP contribution is -2.40. The highest BCUT2D eigenvalue weighted by Crippen LogP contribution is 2.43. The van der Waals surface area contributed by atoms with Crippen molar-refractivity contribution in [2.75, 3.05) is 30.5 Å². The van der Waals surface area contributed by atoms with Crippen molar-refractivity contribution in [3.05, 3.63) is 89.4 Å². The van der Waals surface area contributed by atoms with Crippen molar-refractivity contribution in [1.29, 1.82) is 0 Å². The summed E-state index contributed by atoms with van der Waals surface area (Å²) in [7, 11) is -2.43. The molecule has 0 aliphatic carbocycles. The molecule has 3 atom stereocenters. The molecule has 45 heavy (non-hydrogen) atoms. The third-order valence-corrected chi connectivity index (χ3v) is 10.2.